The quantitative estimate of drug-likeness (QED) is 0.523. The first-order chi connectivity index (χ1) is 8.69. The molecule has 3 nitrogen and oxygen atoms in total. The molecule has 0 aliphatic heterocycles. The number of rotatable bonds is 3. The summed E-state index contributed by atoms with van der Waals surface area (Å²) in [6, 6.07) is 12.4. The van der Waals surface area contributed by atoms with Crippen molar-refractivity contribution in [3.63, 3.8) is 0 Å². The second-order valence-corrected chi connectivity index (χ2v) is 4.37. The van der Waals surface area contributed by atoms with Crippen LogP contribution in [0.25, 0.3) is 0 Å². The summed E-state index contributed by atoms with van der Waals surface area (Å²) < 4.78 is 5.63. The predicted octanol–water partition coefficient (Wildman–Crippen LogP) is 4.08. The Hall–Kier alpha value is -1.71. The van der Waals surface area contributed by atoms with Crippen molar-refractivity contribution in [1.82, 2.24) is 0 Å². The van der Waals surface area contributed by atoms with Gasteiger partial charge in [0.15, 0.2) is 0 Å². The number of nitrogens with zero attached hydrogens (tertiary/aromatic N) is 1. The molecule has 2 rings (SSSR count). The van der Waals surface area contributed by atoms with Crippen LogP contribution < -0.4 is 10.6 Å². The average Bonchev–Trinajstić information content (AvgIpc) is 2.35. The molecule has 2 N–H and O–H groups in total. The topological polar surface area (TPSA) is 47.6 Å². The fourth-order valence-corrected chi connectivity index (χ4v) is 1.84. The number of hydrazone groups is 1. The van der Waals surface area contributed by atoms with Crippen LogP contribution in [0.5, 0.6) is 11.5 Å². The lowest BCUT2D eigenvalue weighted by molar-refractivity contribution is 0.483. The van der Waals surface area contributed by atoms with Crippen LogP contribution in [0.3, 0.4) is 0 Å². The van der Waals surface area contributed by atoms with E-state index >= 15 is 0 Å². The van der Waals surface area contributed by atoms with Gasteiger partial charge in [0.25, 0.3) is 0 Å². The molecule has 0 saturated heterocycles. The number of hydrogen-bond donors (Lipinski definition) is 1. The van der Waals surface area contributed by atoms with Crippen molar-refractivity contribution in [2.45, 2.75) is 0 Å². The molecule has 0 saturated carbocycles. The van der Waals surface area contributed by atoms with Crippen molar-refractivity contribution in [3.05, 3.63) is 58.1 Å². The molecule has 0 spiro atoms. The van der Waals surface area contributed by atoms with Gasteiger partial charge in [-0.25, -0.2) is 0 Å². The molecule has 0 atom stereocenters. The lowest BCUT2D eigenvalue weighted by Crippen LogP contribution is -1.88. The Morgan fingerprint density at radius 2 is 1.78 bits per heavy atom. The number of hydrogen-bond acceptors (Lipinski definition) is 3. The molecule has 5 heteroatoms. The van der Waals surface area contributed by atoms with Gasteiger partial charge in [0.05, 0.1) is 11.2 Å². The van der Waals surface area contributed by atoms with Crippen molar-refractivity contribution in [2.75, 3.05) is 0 Å². The summed E-state index contributed by atoms with van der Waals surface area (Å²) in [5.41, 5.74) is 0.895. The van der Waals surface area contributed by atoms with Crippen LogP contribution in [0.4, 0.5) is 0 Å². The summed E-state index contributed by atoms with van der Waals surface area (Å²) in [7, 11) is 0. The number of nitrogens with two attached hydrogens (primary N) is 1. The minimum absolute atomic E-state index is 0.468. The molecule has 0 aliphatic carbocycles. The van der Waals surface area contributed by atoms with E-state index in [0.717, 1.165) is 5.56 Å². The molecular weight excluding hydrogens is 271 g/mol. The first-order valence-corrected chi connectivity index (χ1v) is 5.91. The maximum atomic E-state index is 6.01. The van der Waals surface area contributed by atoms with Crippen molar-refractivity contribution >= 4 is 29.4 Å². The van der Waals surface area contributed by atoms with Crippen molar-refractivity contribution < 1.29 is 4.74 Å². The second kappa shape index (κ2) is 5.76. The third-order valence-electron chi connectivity index (χ3n) is 2.23. The molecule has 2 aromatic carbocycles. The first-order valence-electron chi connectivity index (χ1n) is 5.15. The fourth-order valence-electron chi connectivity index (χ4n) is 1.39. The van der Waals surface area contributed by atoms with E-state index in [-0.39, 0.29) is 0 Å². The van der Waals surface area contributed by atoms with Crippen LogP contribution >= 0.6 is 23.2 Å². The maximum Gasteiger partial charge on any atom is 0.146 e. The summed E-state index contributed by atoms with van der Waals surface area (Å²) in [5, 5.41) is 4.48. The molecule has 2 aromatic rings. The zero-order chi connectivity index (χ0) is 13.0. The summed E-state index contributed by atoms with van der Waals surface area (Å²) in [6.07, 6.45) is 1.55. The SMILES string of the molecule is NN=Cc1ccc(Oc2ccc(Cl)cc2Cl)cc1. The Morgan fingerprint density at radius 3 is 2.39 bits per heavy atom. The first kappa shape index (κ1) is 12.7. The van der Waals surface area contributed by atoms with Gasteiger partial charge in [0.2, 0.25) is 0 Å². The van der Waals surface area contributed by atoms with Gasteiger partial charge in [-0.1, -0.05) is 23.2 Å². The molecule has 0 fully saturated rings. The van der Waals surface area contributed by atoms with E-state index in [0.29, 0.717) is 21.5 Å². The summed E-state index contributed by atoms with van der Waals surface area (Å²) >= 11 is 11.8. The Labute approximate surface area is 115 Å². The summed E-state index contributed by atoms with van der Waals surface area (Å²) in [5.74, 6) is 6.30. The highest BCUT2D eigenvalue weighted by Gasteiger charge is 2.03. The van der Waals surface area contributed by atoms with Crippen LogP contribution in [0, 0.1) is 0 Å². The second-order valence-electron chi connectivity index (χ2n) is 3.52. The van der Waals surface area contributed by atoms with E-state index < -0.39 is 0 Å². The zero-order valence-corrected chi connectivity index (χ0v) is 10.8. The van der Waals surface area contributed by atoms with Crippen LogP contribution in [-0.2, 0) is 0 Å². The van der Waals surface area contributed by atoms with Crippen molar-refractivity contribution in [2.24, 2.45) is 10.9 Å². The monoisotopic (exact) mass is 280 g/mol. The number of benzene rings is 2. The lowest BCUT2D eigenvalue weighted by Gasteiger charge is -2.07. The van der Waals surface area contributed by atoms with E-state index in [1.165, 1.54) is 0 Å². The highest BCUT2D eigenvalue weighted by molar-refractivity contribution is 6.35. The minimum Gasteiger partial charge on any atom is -0.456 e. The molecule has 0 aliphatic rings. The zero-order valence-electron chi connectivity index (χ0n) is 9.31. The number of halogens is 2. The van der Waals surface area contributed by atoms with E-state index in [2.05, 4.69) is 5.10 Å². The predicted molar refractivity (Wildman–Crippen MR) is 74.8 cm³/mol. The molecule has 0 unspecified atom stereocenters. The third-order valence-corrected chi connectivity index (χ3v) is 2.76. The van der Waals surface area contributed by atoms with Gasteiger partial charge in [-0.15, -0.1) is 0 Å². The van der Waals surface area contributed by atoms with E-state index in [1.807, 2.05) is 24.3 Å². The molecule has 0 amide bonds. The average molecular weight is 281 g/mol. The molecule has 0 radical (unpaired) electrons. The van der Waals surface area contributed by atoms with Gasteiger partial charge in [-0.2, -0.15) is 5.10 Å². The largest absolute Gasteiger partial charge is 0.456 e. The molecular formula is C13H10Cl2N2O. The van der Waals surface area contributed by atoms with Gasteiger partial charge in [-0.05, 0) is 48.0 Å². The van der Waals surface area contributed by atoms with Gasteiger partial charge in [-0.3, -0.25) is 0 Å². The highest BCUT2D eigenvalue weighted by Crippen LogP contribution is 2.31. The lowest BCUT2D eigenvalue weighted by atomic mass is 10.2. The van der Waals surface area contributed by atoms with E-state index in [1.54, 1.807) is 24.4 Å². The Kier molecular flexibility index (Phi) is 4.07. The highest BCUT2D eigenvalue weighted by atomic mass is 35.5. The van der Waals surface area contributed by atoms with Crippen molar-refractivity contribution in [3.8, 4) is 11.5 Å². The Bertz CT molecular complexity index is 568. The van der Waals surface area contributed by atoms with E-state index in [4.69, 9.17) is 33.8 Å². The Balaban J connectivity index is 2.18. The smallest absolute Gasteiger partial charge is 0.146 e. The normalized spacial score (nSPS) is 10.8. The van der Waals surface area contributed by atoms with Gasteiger partial charge in [0, 0.05) is 5.02 Å². The molecule has 92 valence electrons. The van der Waals surface area contributed by atoms with Crippen LogP contribution in [0.15, 0.2) is 47.6 Å². The minimum atomic E-state index is 0.468. The molecule has 18 heavy (non-hydrogen) atoms. The summed E-state index contributed by atoms with van der Waals surface area (Å²) in [6.45, 7) is 0. The van der Waals surface area contributed by atoms with Gasteiger partial charge in [0.1, 0.15) is 11.5 Å². The van der Waals surface area contributed by atoms with Crippen LogP contribution in [0.2, 0.25) is 10.0 Å². The standard InChI is InChI=1S/C13H10Cl2N2O/c14-10-3-6-13(12(15)7-10)18-11-4-1-9(2-5-11)8-17-16/h1-8H,16H2. The van der Waals surface area contributed by atoms with Crippen LogP contribution in [-0.4, -0.2) is 6.21 Å². The van der Waals surface area contributed by atoms with Gasteiger partial charge < -0.3 is 10.6 Å². The summed E-state index contributed by atoms with van der Waals surface area (Å²) in [4.78, 5) is 0. The molecule has 0 bridgehead atoms. The fraction of sp³-hybridized carbons (Fsp3) is 0. The Morgan fingerprint density at radius 1 is 1.06 bits per heavy atom. The molecule has 0 aromatic heterocycles. The van der Waals surface area contributed by atoms with Gasteiger partial charge >= 0.3 is 0 Å². The molecule has 0 heterocycles. The maximum absolute atomic E-state index is 6.01. The van der Waals surface area contributed by atoms with Crippen molar-refractivity contribution in [1.29, 1.82) is 0 Å². The number of ether oxygens (including phenoxy) is 1. The van der Waals surface area contributed by atoms with Crippen LogP contribution in [0.1, 0.15) is 5.56 Å². The van der Waals surface area contributed by atoms with E-state index in [9.17, 15) is 0 Å². The third kappa shape index (κ3) is 3.15.